The number of para-hydroxylation sites is 2. The zero-order valence-corrected chi connectivity index (χ0v) is 23.1. The first-order valence-corrected chi connectivity index (χ1v) is 14.7. The van der Waals surface area contributed by atoms with Crippen molar-refractivity contribution >= 4 is 81.6 Å². The van der Waals surface area contributed by atoms with Crippen molar-refractivity contribution < 1.29 is 8.83 Å². The van der Waals surface area contributed by atoms with E-state index in [0.29, 0.717) is 11.5 Å². The van der Waals surface area contributed by atoms with Crippen LogP contribution in [0, 0.1) is 0 Å². The third-order valence-corrected chi connectivity index (χ3v) is 9.01. The number of benzene rings is 6. The maximum atomic E-state index is 6.65. The van der Waals surface area contributed by atoms with Gasteiger partial charge in [0.05, 0.1) is 0 Å². The standard InChI is InChI=1S/C37H22N2O2S/c1-3-11-23(12-4-1)37-38-34-31(41-37)22-29-26-15-7-9-17-30(26)40-36(29)35(34)39(24-13-5-2-6-14-24)25-19-20-28-27-16-8-10-18-32(27)42-33(28)21-25/h1-22H. The highest BCUT2D eigenvalue weighted by Crippen LogP contribution is 2.48. The smallest absolute Gasteiger partial charge is 0.227 e. The second-order valence-electron chi connectivity index (χ2n) is 10.4. The molecule has 9 rings (SSSR count). The molecular weight excluding hydrogens is 536 g/mol. The van der Waals surface area contributed by atoms with Gasteiger partial charge in [0.25, 0.3) is 0 Å². The van der Waals surface area contributed by atoms with Crippen LogP contribution in [-0.2, 0) is 0 Å². The predicted octanol–water partition coefficient (Wildman–Crippen LogP) is 11.2. The molecule has 0 radical (unpaired) electrons. The fourth-order valence-corrected chi connectivity index (χ4v) is 7.11. The second kappa shape index (κ2) is 9.06. The lowest BCUT2D eigenvalue weighted by Gasteiger charge is -2.25. The van der Waals surface area contributed by atoms with Gasteiger partial charge in [-0.25, -0.2) is 4.98 Å². The molecule has 4 nitrogen and oxygen atoms in total. The molecule has 0 saturated heterocycles. The molecule has 3 heterocycles. The zero-order chi connectivity index (χ0) is 27.6. The van der Waals surface area contributed by atoms with Crippen LogP contribution < -0.4 is 4.90 Å². The molecule has 0 aliphatic heterocycles. The van der Waals surface area contributed by atoms with E-state index in [0.717, 1.165) is 50.1 Å². The first-order valence-electron chi connectivity index (χ1n) is 13.9. The molecule has 0 spiro atoms. The van der Waals surface area contributed by atoms with Crippen molar-refractivity contribution in [2.45, 2.75) is 0 Å². The van der Waals surface area contributed by atoms with Gasteiger partial charge in [-0.3, -0.25) is 0 Å². The van der Waals surface area contributed by atoms with Crippen LogP contribution in [0.2, 0.25) is 0 Å². The van der Waals surface area contributed by atoms with E-state index in [1.165, 1.54) is 20.2 Å². The molecule has 5 heteroatoms. The van der Waals surface area contributed by atoms with Crippen LogP contribution in [0.5, 0.6) is 0 Å². The lowest BCUT2D eigenvalue weighted by Crippen LogP contribution is -2.10. The van der Waals surface area contributed by atoms with E-state index in [2.05, 4.69) is 83.8 Å². The Morgan fingerprint density at radius 3 is 2.10 bits per heavy atom. The maximum absolute atomic E-state index is 6.65. The second-order valence-corrected chi connectivity index (χ2v) is 11.5. The molecule has 0 bridgehead atoms. The highest BCUT2D eigenvalue weighted by Gasteiger charge is 2.26. The summed E-state index contributed by atoms with van der Waals surface area (Å²) in [6, 6.07) is 46.0. The number of thiophene rings is 1. The molecule has 42 heavy (non-hydrogen) atoms. The number of hydrogen-bond donors (Lipinski definition) is 0. The minimum absolute atomic E-state index is 0.580. The first-order chi connectivity index (χ1) is 20.8. The summed E-state index contributed by atoms with van der Waals surface area (Å²) in [4.78, 5) is 7.36. The molecule has 9 aromatic rings. The molecule has 0 aliphatic rings. The van der Waals surface area contributed by atoms with Crippen molar-refractivity contribution in [2.24, 2.45) is 0 Å². The SMILES string of the molecule is c1ccc(-c2nc3c(N(c4ccccc4)c4ccc5c(c4)sc4ccccc45)c4oc5ccccc5c4cc3o2)cc1. The van der Waals surface area contributed by atoms with Crippen molar-refractivity contribution in [3.63, 3.8) is 0 Å². The minimum Gasteiger partial charge on any atom is -0.454 e. The van der Waals surface area contributed by atoms with Gasteiger partial charge in [-0.2, -0.15) is 0 Å². The monoisotopic (exact) mass is 558 g/mol. The Balaban J connectivity index is 1.39. The third kappa shape index (κ3) is 3.51. The summed E-state index contributed by atoms with van der Waals surface area (Å²) in [5.74, 6) is 0.580. The average Bonchev–Trinajstić information content (AvgIpc) is 3.75. The van der Waals surface area contributed by atoms with E-state index in [4.69, 9.17) is 13.8 Å². The van der Waals surface area contributed by atoms with Crippen LogP contribution in [0.15, 0.2) is 142 Å². The number of fused-ring (bicyclic) bond motifs is 7. The molecule has 3 aromatic heterocycles. The number of hydrogen-bond acceptors (Lipinski definition) is 5. The molecule has 0 atom stereocenters. The van der Waals surface area contributed by atoms with E-state index in [1.54, 1.807) is 0 Å². The summed E-state index contributed by atoms with van der Waals surface area (Å²) in [7, 11) is 0. The summed E-state index contributed by atoms with van der Waals surface area (Å²) in [6.45, 7) is 0. The highest BCUT2D eigenvalue weighted by molar-refractivity contribution is 7.25. The van der Waals surface area contributed by atoms with Crippen LogP contribution in [0.4, 0.5) is 17.1 Å². The topological polar surface area (TPSA) is 42.4 Å². The fraction of sp³-hybridized carbons (Fsp3) is 0. The predicted molar refractivity (Wildman–Crippen MR) is 174 cm³/mol. The van der Waals surface area contributed by atoms with E-state index in [1.807, 2.05) is 65.9 Å². The van der Waals surface area contributed by atoms with Gasteiger partial charge in [0, 0.05) is 47.9 Å². The van der Waals surface area contributed by atoms with Crippen LogP contribution >= 0.6 is 11.3 Å². The third-order valence-electron chi connectivity index (χ3n) is 7.88. The van der Waals surface area contributed by atoms with Crippen molar-refractivity contribution in [1.29, 1.82) is 0 Å². The van der Waals surface area contributed by atoms with Gasteiger partial charge in [-0.05, 0) is 54.6 Å². The molecule has 0 fully saturated rings. The van der Waals surface area contributed by atoms with Gasteiger partial charge < -0.3 is 13.7 Å². The molecular formula is C37H22N2O2S. The zero-order valence-electron chi connectivity index (χ0n) is 22.3. The summed E-state index contributed by atoms with van der Waals surface area (Å²) >= 11 is 1.81. The van der Waals surface area contributed by atoms with E-state index >= 15 is 0 Å². The van der Waals surface area contributed by atoms with Crippen molar-refractivity contribution in [2.75, 3.05) is 4.90 Å². The Morgan fingerprint density at radius 2 is 1.24 bits per heavy atom. The summed E-state index contributed by atoms with van der Waals surface area (Å²) in [6.07, 6.45) is 0. The molecule has 198 valence electrons. The van der Waals surface area contributed by atoms with Crippen LogP contribution in [-0.4, -0.2) is 4.98 Å². The largest absolute Gasteiger partial charge is 0.454 e. The van der Waals surface area contributed by atoms with Gasteiger partial charge in [-0.15, -0.1) is 11.3 Å². The molecule has 0 amide bonds. The molecule has 0 N–H and O–H groups in total. The average molecular weight is 559 g/mol. The highest BCUT2D eigenvalue weighted by atomic mass is 32.1. The lowest BCUT2D eigenvalue weighted by molar-refractivity contribution is 0.620. The first kappa shape index (κ1) is 23.3. The number of aromatic nitrogens is 1. The molecule has 0 aliphatic carbocycles. The fourth-order valence-electron chi connectivity index (χ4n) is 5.97. The minimum atomic E-state index is 0.580. The van der Waals surface area contributed by atoms with Gasteiger partial charge in [0.1, 0.15) is 16.8 Å². The molecule has 0 unspecified atom stereocenters. The van der Waals surface area contributed by atoms with Gasteiger partial charge in [-0.1, -0.05) is 78.9 Å². The Kier molecular flexibility index (Phi) is 5.03. The number of anilines is 3. The molecule has 0 saturated carbocycles. The van der Waals surface area contributed by atoms with Gasteiger partial charge in [0.15, 0.2) is 11.2 Å². The summed E-state index contributed by atoms with van der Waals surface area (Å²) in [5.41, 5.74) is 6.90. The van der Waals surface area contributed by atoms with Crippen molar-refractivity contribution in [3.05, 3.63) is 133 Å². The van der Waals surface area contributed by atoms with E-state index in [-0.39, 0.29) is 0 Å². The van der Waals surface area contributed by atoms with E-state index in [9.17, 15) is 0 Å². The summed E-state index contributed by atoms with van der Waals surface area (Å²) < 4.78 is 15.6. The van der Waals surface area contributed by atoms with E-state index < -0.39 is 0 Å². The Bertz CT molecular complexity index is 2420. The Morgan fingerprint density at radius 1 is 0.524 bits per heavy atom. The van der Waals surface area contributed by atoms with Gasteiger partial charge >= 0.3 is 0 Å². The number of nitrogens with zero attached hydrogens (tertiary/aromatic N) is 2. The number of furan rings is 1. The Labute approximate surface area is 244 Å². The normalized spacial score (nSPS) is 11.8. The van der Waals surface area contributed by atoms with Crippen molar-refractivity contribution in [3.8, 4) is 11.5 Å². The maximum Gasteiger partial charge on any atom is 0.227 e. The van der Waals surface area contributed by atoms with Gasteiger partial charge in [0.2, 0.25) is 5.89 Å². The van der Waals surface area contributed by atoms with Crippen LogP contribution in [0.1, 0.15) is 0 Å². The van der Waals surface area contributed by atoms with Crippen LogP contribution in [0.25, 0.3) is 64.7 Å². The number of rotatable bonds is 4. The van der Waals surface area contributed by atoms with Crippen LogP contribution in [0.3, 0.4) is 0 Å². The van der Waals surface area contributed by atoms with Crippen molar-refractivity contribution in [1.82, 2.24) is 4.98 Å². The Hall–Kier alpha value is -5.39. The summed E-state index contributed by atoms with van der Waals surface area (Å²) in [5, 5.41) is 4.57. The quantitative estimate of drug-likeness (QED) is 0.215. The number of oxazole rings is 1. The molecule has 6 aromatic carbocycles. The lowest BCUT2D eigenvalue weighted by atomic mass is 10.1.